The van der Waals surface area contributed by atoms with Crippen molar-refractivity contribution < 1.29 is 22.7 Å². The largest absolute Gasteiger partial charge is 0.391 e. The van der Waals surface area contributed by atoms with Crippen LogP contribution in [0.15, 0.2) is 18.5 Å². The number of alkyl halides is 3. The molecule has 0 spiro atoms. The van der Waals surface area contributed by atoms with Crippen LogP contribution >= 0.6 is 0 Å². The SMILES string of the molecule is OC1(c2ccncc2F)CCC(C(F)(F)F)CC1. The second-order valence-corrected chi connectivity index (χ2v) is 4.70. The molecule has 1 aromatic heterocycles. The highest BCUT2D eigenvalue weighted by Crippen LogP contribution is 2.45. The predicted octanol–water partition coefficient (Wildman–Crippen LogP) is 3.16. The Morgan fingerprint density at radius 2 is 1.89 bits per heavy atom. The van der Waals surface area contributed by atoms with Crippen molar-refractivity contribution in [3.05, 3.63) is 29.8 Å². The number of hydrogen-bond donors (Lipinski definition) is 1. The first kappa shape index (κ1) is 13.3. The molecule has 6 heteroatoms. The molecule has 18 heavy (non-hydrogen) atoms. The third-order valence-electron chi connectivity index (χ3n) is 3.55. The van der Waals surface area contributed by atoms with Gasteiger partial charge in [0.2, 0.25) is 0 Å². The third-order valence-corrected chi connectivity index (χ3v) is 3.55. The number of aromatic nitrogens is 1. The molecule has 1 saturated carbocycles. The van der Waals surface area contributed by atoms with E-state index in [1.807, 2.05) is 0 Å². The Morgan fingerprint density at radius 1 is 1.28 bits per heavy atom. The van der Waals surface area contributed by atoms with E-state index in [9.17, 15) is 22.7 Å². The first-order chi connectivity index (χ1) is 8.33. The van der Waals surface area contributed by atoms with Crippen LogP contribution in [0.1, 0.15) is 31.2 Å². The molecule has 0 aliphatic heterocycles. The zero-order chi connectivity index (χ0) is 13.4. The molecule has 0 aromatic carbocycles. The molecule has 1 aliphatic rings. The Bertz CT molecular complexity index is 424. The minimum atomic E-state index is -4.24. The summed E-state index contributed by atoms with van der Waals surface area (Å²) in [6.07, 6.45) is -2.48. The number of halogens is 4. The molecule has 0 atom stereocenters. The highest BCUT2D eigenvalue weighted by molar-refractivity contribution is 5.22. The van der Waals surface area contributed by atoms with Gasteiger partial charge in [-0.3, -0.25) is 4.98 Å². The van der Waals surface area contributed by atoms with E-state index in [0.29, 0.717) is 0 Å². The fourth-order valence-electron chi connectivity index (χ4n) is 2.44. The Morgan fingerprint density at radius 3 is 2.39 bits per heavy atom. The molecule has 2 rings (SSSR count). The van der Waals surface area contributed by atoms with Gasteiger partial charge < -0.3 is 5.11 Å². The Kier molecular flexibility index (Phi) is 3.31. The third kappa shape index (κ3) is 2.48. The fourth-order valence-corrected chi connectivity index (χ4v) is 2.44. The number of nitrogens with zero attached hydrogens (tertiary/aromatic N) is 1. The topological polar surface area (TPSA) is 33.1 Å². The number of hydrogen-bond acceptors (Lipinski definition) is 2. The standard InChI is InChI=1S/C12H13F4NO/c13-10-7-17-6-3-9(10)11(18)4-1-8(2-5-11)12(14,15)16/h3,6-8,18H,1-2,4-5H2. The summed E-state index contributed by atoms with van der Waals surface area (Å²) in [4.78, 5) is 3.56. The molecule has 0 bridgehead atoms. The minimum absolute atomic E-state index is 0.0399. The molecule has 1 fully saturated rings. The van der Waals surface area contributed by atoms with Crippen LogP contribution < -0.4 is 0 Å². The van der Waals surface area contributed by atoms with E-state index in [4.69, 9.17) is 0 Å². The van der Waals surface area contributed by atoms with Gasteiger partial charge in [0.05, 0.1) is 17.7 Å². The summed E-state index contributed by atoms with van der Waals surface area (Å²) in [5.41, 5.74) is -1.47. The molecule has 1 N–H and O–H groups in total. The summed E-state index contributed by atoms with van der Waals surface area (Å²) in [5, 5.41) is 10.3. The van der Waals surface area contributed by atoms with Crippen LogP contribution in [0.2, 0.25) is 0 Å². The summed E-state index contributed by atoms with van der Waals surface area (Å²) in [5.74, 6) is -2.08. The first-order valence-electron chi connectivity index (χ1n) is 5.72. The van der Waals surface area contributed by atoms with E-state index < -0.39 is 23.5 Å². The maximum absolute atomic E-state index is 13.5. The van der Waals surface area contributed by atoms with Crippen molar-refractivity contribution in [1.82, 2.24) is 4.98 Å². The quantitative estimate of drug-likeness (QED) is 0.789. The van der Waals surface area contributed by atoms with Gasteiger partial charge in [-0.1, -0.05) is 0 Å². The second kappa shape index (κ2) is 4.50. The van der Waals surface area contributed by atoms with E-state index in [1.54, 1.807) is 0 Å². The van der Waals surface area contributed by atoms with E-state index in [1.165, 1.54) is 12.3 Å². The number of aliphatic hydroxyl groups is 1. The molecule has 1 heterocycles. The molecule has 2 nitrogen and oxygen atoms in total. The lowest BCUT2D eigenvalue weighted by atomic mass is 9.75. The van der Waals surface area contributed by atoms with Gasteiger partial charge in [-0.15, -0.1) is 0 Å². The van der Waals surface area contributed by atoms with Crippen LogP contribution in [0.5, 0.6) is 0 Å². The van der Waals surface area contributed by atoms with Gasteiger partial charge in [0, 0.05) is 11.8 Å². The predicted molar refractivity (Wildman–Crippen MR) is 56.1 cm³/mol. The van der Waals surface area contributed by atoms with Crippen LogP contribution in [0.4, 0.5) is 17.6 Å². The van der Waals surface area contributed by atoms with Gasteiger partial charge in [0.1, 0.15) is 5.82 Å². The van der Waals surface area contributed by atoms with Gasteiger partial charge in [0.15, 0.2) is 0 Å². The molecular weight excluding hydrogens is 250 g/mol. The minimum Gasteiger partial charge on any atom is -0.385 e. The Balaban J connectivity index is 2.15. The lowest BCUT2D eigenvalue weighted by molar-refractivity contribution is -0.193. The second-order valence-electron chi connectivity index (χ2n) is 4.70. The highest BCUT2D eigenvalue weighted by atomic mass is 19.4. The summed E-state index contributed by atoms with van der Waals surface area (Å²) in [7, 11) is 0. The zero-order valence-electron chi connectivity index (χ0n) is 9.54. The van der Waals surface area contributed by atoms with Gasteiger partial charge in [-0.25, -0.2) is 4.39 Å². The molecule has 0 amide bonds. The van der Waals surface area contributed by atoms with Crippen LogP contribution in [0.3, 0.4) is 0 Å². The van der Waals surface area contributed by atoms with Crippen molar-refractivity contribution in [3.8, 4) is 0 Å². The van der Waals surface area contributed by atoms with E-state index >= 15 is 0 Å². The van der Waals surface area contributed by atoms with Crippen molar-refractivity contribution in [2.24, 2.45) is 5.92 Å². The Labute approximate surface area is 102 Å². The van der Waals surface area contributed by atoms with E-state index in [0.717, 1.165) is 6.20 Å². The van der Waals surface area contributed by atoms with E-state index in [2.05, 4.69) is 4.98 Å². The molecule has 1 aliphatic carbocycles. The fraction of sp³-hybridized carbons (Fsp3) is 0.583. The normalized spacial score (nSPS) is 29.3. The molecule has 0 unspecified atom stereocenters. The number of pyridine rings is 1. The summed E-state index contributed by atoms with van der Waals surface area (Å²) in [6, 6.07) is 1.32. The van der Waals surface area contributed by atoms with E-state index in [-0.39, 0.29) is 31.2 Å². The molecule has 0 saturated heterocycles. The van der Waals surface area contributed by atoms with Crippen LogP contribution in [0, 0.1) is 11.7 Å². The number of rotatable bonds is 1. The van der Waals surface area contributed by atoms with Crippen molar-refractivity contribution in [2.45, 2.75) is 37.5 Å². The van der Waals surface area contributed by atoms with Gasteiger partial charge >= 0.3 is 6.18 Å². The van der Waals surface area contributed by atoms with Crippen molar-refractivity contribution in [3.63, 3.8) is 0 Å². The Hall–Kier alpha value is -1.17. The maximum atomic E-state index is 13.5. The van der Waals surface area contributed by atoms with Crippen molar-refractivity contribution >= 4 is 0 Å². The van der Waals surface area contributed by atoms with Crippen LogP contribution in [-0.4, -0.2) is 16.3 Å². The lowest BCUT2D eigenvalue weighted by Crippen LogP contribution is -2.37. The van der Waals surface area contributed by atoms with Crippen molar-refractivity contribution in [1.29, 1.82) is 0 Å². The van der Waals surface area contributed by atoms with Gasteiger partial charge in [0.25, 0.3) is 0 Å². The lowest BCUT2D eigenvalue weighted by Gasteiger charge is -2.37. The van der Waals surface area contributed by atoms with Crippen molar-refractivity contribution in [2.75, 3.05) is 0 Å². The summed E-state index contributed by atoms with van der Waals surface area (Å²) < 4.78 is 51.0. The molecular formula is C12H13F4NO. The summed E-state index contributed by atoms with van der Waals surface area (Å²) >= 11 is 0. The molecule has 0 radical (unpaired) electrons. The average Bonchev–Trinajstić information content (AvgIpc) is 2.28. The monoisotopic (exact) mass is 263 g/mol. The van der Waals surface area contributed by atoms with Gasteiger partial charge in [-0.2, -0.15) is 13.2 Å². The maximum Gasteiger partial charge on any atom is 0.391 e. The average molecular weight is 263 g/mol. The molecule has 1 aromatic rings. The van der Waals surface area contributed by atoms with Crippen LogP contribution in [0.25, 0.3) is 0 Å². The highest BCUT2D eigenvalue weighted by Gasteiger charge is 2.46. The van der Waals surface area contributed by atoms with Crippen LogP contribution in [-0.2, 0) is 5.60 Å². The summed E-state index contributed by atoms with van der Waals surface area (Å²) in [6.45, 7) is 0. The smallest absolute Gasteiger partial charge is 0.385 e. The first-order valence-corrected chi connectivity index (χ1v) is 5.72. The molecule has 100 valence electrons. The van der Waals surface area contributed by atoms with Gasteiger partial charge in [-0.05, 0) is 31.7 Å². The zero-order valence-corrected chi connectivity index (χ0v) is 9.54.